The van der Waals surface area contributed by atoms with E-state index in [0.29, 0.717) is 0 Å². The first-order valence-corrected chi connectivity index (χ1v) is 7.85. The molecule has 2 amide bonds. The molecule has 24 heavy (non-hydrogen) atoms. The second-order valence-electron chi connectivity index (χ2n) is 5.29. The van der Waals surface area contributed by atoms with Crippen LogP contribution >= 0.6 is 12.6 Å². The van der Waals surface area contributed by atoms with E-state index in [-0.39, 0.29) is 17.9 Å². The number of carboxylic acid groups (broad SMARTS) is 1. The molecule has 0 aliphatic carbocycles. The third-order valence-electron chi connectivity index (χ3n) is 3.27. The van der Waals surface area contributed by atoms with Gasteiger partial charge >= 0.3 is 5.97 Å². The number of aromatic hydroxyl groups is 1. The number of carbonyl (C=O) groups is 3. The zero-order valence-electron chi connectivity index (χ0n) is 13.1. The van der Waals surface area contributed by atoms with E-state index in [9.17, 15) is 19.5 Å². The lowest BCUT2D eigenvalue weighted by molar-refractivity contribution is -0.141. The standard InChI is InChI=1S/C15H21N3O5S/c1-8(15(22)23)17-14(21)12(7-24)18-13(20)11(16)6-9-2-4-10(19)5-3-9/h2-5,8,11-12,19,24H,6-7,16H2,1H3,(H,17,21)(H,18,20)(H,22,23)/t8-,11-,12-/m0/s1. The van der Waals surface area contributed by atoms with Gasteiger partial charge in [0.15, 0.2) is 0 Å². The zero-order valence-corrected chi connectivity index (χ0v) is 14.0. The molecular weight excluding hydrogens is 334 g/mol. The molecule has 3 atom stereocenters. The summed E-state index contributed by atoms with van der Waals surface area (Å²) in [4.78, 5) is 34.8. The minimum absolute atomic E-state index is 0.00413. The number of hydrogen-bond donors (Lipinski definition) is 6. The predicted molar refractivity (Wildman–Crippen MR) is 90.8 cm³/mol. The van der Waals surface area contributed by atoms with Crippen LogP contribution in [0.15, 0.2) is 24.3 Å². The maximum Gasteiger partial charge on any atom is 0.325 e. The van der Waals surface area contributed by atoms with Crippen LogP contribution in [0.2, 0.25) is 0 Å². The summed E-state index contributed by atoms with van der Waals surface area (Å²) in [5, 5.41) is 22.7. The number of thiol groups is 1. The van der Waals surface area contributed by atoms with Crippen LogP contribution < -0.4 is 16.4 Å². The number of rotatable bonds is 8. The van der Waals surface area contributed by atoms with E-state index >= 15 is 0 Å². The van der Waals surface area contributed by atoms with E-state index in [2.05, 4.69) is 23.3 Å². The number of nitrogens with two attached hydrogens (primary N) is 1. The minimum Gasteiger partial charge on any atom is -0.508 e. The first-order valence-electron chi connectivity index (χ1n) is 7.22. The monoisotopic (exact) mass is 355 g/mol. The molecule has 1 aromatic carbocycles. The summed E-state index contributed by atoms with van der Waals surface area (Å²) < 4.78 is 0. The normalized spacial score (nSPS) is 14.3. The molecule has 0 aliphatic heterocycles. The molecule has 0 aliphatic rings. The molecule has 0 radical (unpaired) electrons. The fourth-order valence-corrected chi connectivity index (χ4v) is 2.08. The van der Waals surface area contributed by atoms with Gasteiger partial charge in [-0.15, -0.1) is 0 Å². The summed E-state index contributed by atoms with van der Waals surface area (Å²) in [5.41, 5.74) is 6.57. The summed E-state index contributed by atoms with van der Waals surface area (Å²) >= 11 is 3.99. The van der Waals surface area contributed by atoms with Crippen LogP contribution in [0.3, 0.4) is 0 Å². The molecule has 1 aromatic rings. The second kappa shape index (κ2) is 9.14. The van der Waals surface area contributed by atoms with Crippen molar-refractivity contribution in [2.75, 3.05) is 5.75 Å². The van der Waals surface area contributed by atoms with Gasteiger partial charge in [-0.2, -0.15) is 12.6 Å². The van der Waals surface area contributed by atoms with Gasteiger partial charge in [0.25, 0.3) is 0 Å². The maximum atomic E-state index is 12.1. The second-order valence-corrected chi connectivity index (χ2v) is 5.65. The van der Waals surface area contributed by atoms with E-state index in [4.69, 9.17) is 10.8 Å². The number of aliphatic carboxylic acids is 1. The summed E-state index contributed by atoms with van der Waals surface area (Å²) in [6.07, 6.45) is 0.221. The van der Waals surface area contributed by atoms with Gasteiger partial charge in [0.1, 0.15) is 17.8 Å². The molecule has 0 saturated heterocycles. The van der Waals surface area contributed by atoms with Crippen molar-refractivity contribution in [3.8, 4) is 5.75 Å². The Bertz CT molecular complexity index is 593. The lowest BCUT2D eigenvalue weighted by Gasteiger charge is -2.20. The van der Waals surface area contributed by atoms with Gasteiger partial charge < -0.3 is 26.6 Å². The quantitative estimate of drug-likeness (QED) is 0.339. The van der Waals surface area contributed by atoms with Crippen molar-refractivity contribution < 1.29 is 24.6 Å². The first-order chi connectivity index (χ1) is 11.2. The highest BCUT2D eigenvalue weighted by Crippen LogP contribution is 2.11. The van der Waals surface area contributed by atoms with Gasteiger partial charge in [0.05, 0.1) is 6.04 Å². The summed E-state index contributed by atoms with van der Waals surface area (Å²) in [5.74, 6) is -2.28. The van der Waals surface area contributed by atoms with Crippen LogP contribution in [0.4, 0.5) is 0 Å². The Kier molecular flexibility index (Phi) is 7.53. The van der Waals surface area contributed by atoms with Crippen LogP contribution in [0, 0.1) is 0 Å². The smallest absolute Gasteiger partial charge is 0.325 e. The molecule has 1 rings (SSSR count). The highest BCUT2D eigenvalue weighted by Gasteiger charge is 2.25. The number of hydrogen-bond acceptors (Lipinski definition) is 6. The molecule has 0 unspecified atom stereocenters. The first kappa shape index (κ1) is 19.8. The minimum atomic E-state index is -1.18. The Morgan fingerprint density at radius 3 is 2.25 bits per heavy atom. The Morgan fingerprint density at radius 2 is 1.75 bits per heavy atom. The van der Waals surface area contributed by atoms with Gasteiger partial charge in [-0.1, -0.05) is 12.1 Å². The molecular formula is C15H21N3O5S. The fourth-order valence-electron chi connectivity index (χ4n) is 1.83. The topological polar surface area (TPSA) is 142 Å². The van der Waals surface area contributed by atoms with Crippen molar-refractivity contribution in [2.24, 2.45) is 5.73 Å². The van der Waals surface area contributed by atoms with E-state index < -0.39 is 35.9 Å². The molecule has 6 N–H and O–H groups in total. The van der Waals surface area contributed by atoms with Crippen molar-refractivity contribution in [3.63, 3.8) is 0 Å². The van der Waals surface area contributed by atoms with Gasteiger partial charge in [-0.3, -0.25) is 14.4 Å². The molecule has 9 heteroatoms. The average Bonchev–Trinajstić information content (AvgIpc) is 2.53. The molecule has 0 fully saturated rings. The number of carbonyl (C=O) groups excluding carboxylic acids is 2. The van der Waals surface area contributed by atoms with E-state index in [0.717, 1.165) is 5.56 Å². The zero-order chi connectivity index (χ0) is 18.3. The van der Waals surface area contributed by atoms with Gasteiger partial charge in [0, 0.05) is 5.75 Å². The van der Waals surface area contributed by atoms with Crippen molar-refractivity contribution in [1.29, 1.82) is 0 Å². The van der Waals surface area contributed by atoms with Crippen LogP contribution in [0.1, 0.15) is 12.5 Å². The lowest BCUT2D eigenvalue weighted by atomic mass is 10.1. The summed E-state index contributed by atoms with van der Waals surface area (Å²) in [6, 6.07) is 3.27. The van der Waals surface area contributed by atoms with E-state index in [1.54, 1.807) is 12.1 Å². The molecule has 0 aromatic heterocycles. The number of phenolic OH excluding ortho intramolecular Hbond substituents is 1. The molecule has 132 valence electrons. The molecule has 0 heterocycles. The van der Waals surface area contributed by atoms with Gasteiger partial charge in [-0.25, -0.2) is 0 Å². The van der Waals surface area contributed by atoms with Crippen molar-refractivity contribution in [3.05, 3.63) is 29.8 Å². The Labute approximate surface area is 144 Å². The highest BCUT2D eigenvalue weighted by molar-refractivity contribution is 7.80. The van der Waals surface area contributed by atoms with Crippen molar-refractivity contribution in [2.45, 2.75) is 31.5 Å². The predicted octanol–water partition coefficient (Wildman–Crippen LogP) is -0.734. The SMILES string of the molecule is C[C@H](NC(=O)[C@H](CS)NC(=O)[C@@H](N)Cc1ccc(O)cc1)C(=O)O. The fraction of sp³-hybridized carbons (Fsp3) is 0.400. The number of nitrogens with one attached hydrogen (secondary N) is 2. The Hall–Kier alpha value is -2.26. The van der Waals surface area contributed by atoms with E-state index in [1.807, 2.05) is 0 Å². The molecule has 0 bridgehead atoms. The van der Waals surface area contributed by atoms with Gasteiger partial charge in [0.2, 0.25) is 11.8 Å². The number of benzene rings is 1. The Balaban J connectivity index is 2.60. The third-order valence-corrected chi connectivity index (χ3v) is 3.64. The van der Waals surface area contributed by atoms with Crippen molar-refractivity contribution >= 4 is 30.4 Å². The molecule has 0 spiro atoms. The molecule has 0 saturated carbocycles. The largest absolute Gasteiger partial charge is 0.508 e. The lowest BCUT2D eigenvalue weighted by Crippen LogP contribution is -2.55. The number of carboxylic acids is 1. The number of phenols is 1. The summed E-state index contributed by atoms with van der Waals surface area (Å²) in [7, 11) is 0. The third kappa shape index (κ3) is 6.09. The molecule has 8 nitrogen and oxygen atoms in total. The maximum absolute atomic E-state index is 12.1. The Morgan fingerprint density at radius 1 is 1.17 bits per heavy atom. The van der Waals surface area contributed by atoms with Crippen molar-refractivity contribution in [1.82, 2.24) is 10.6 Å². The summed E-state index contributed by atoms with van der Waals surface area (Å²) in [6.45, 7) is 1.31. The van der Waals surface area contributed by atoms with Gasteiger partial charge in [-0.05, 0) is 31.0 Å². The van der Waals surface area contributed by atoms with Crippen LogP contribution in [0.5, 0.6) is 5.75 Å². The van der Waals surface area contributed by atoms with E-state index in [1.165, 1.54) is 19.1 Å². The highest BCUT2D eigenvalue weighted by atomic mass is 32.1. The van der Waals surface area contributed by atoms with Crippen LogP contribution in [-0.4, -0.2) is 51.9 Å². The van der Waals surface area contributed by atoms with Crippen LogP contribution in [-0.2, 0) is 20.8 Å². The number of amides is 2. The van der Waals surface area contributed by atoms with Crippen LogP contribution in [0.25, 0.3) is 0 Å². The average molecular weight is 355 g/mol.